The molecule has 2 rings (SSSR count). The van der Waals surface area contributed by atoms with Gasteiger partial charge in [-0.05, 0) is 18.6 Å². The van der Waals surface area contributed by atoms with Crippen molar-refractivity contribution in [3.05, 3.63) is 36.2 Å². The molecule has 0 aliphatic heterocycles. The van der Waals surface area contributed by atoms with E-state index in [1.165, 1.54) is 23.1 Å². The summed E-state index contributed by atoms with van der Waals surface area (Å²) < 4.78 is 37.6. The van der Waals surface area contributed by atoms with E-state index in [0.29, 0.717) is 17.0 Å². The van der Waals surface area contributed by atoms with Gasteiger partial charge in [-0.1, -0.05) is 22.5 Å². The number of halogens is 3. The van der Waals surface area contributed by atoms with Crippen LogP contribution in [0.3, 0.4) is 0 Å². The Balaban J connectivity index is 2.01. The Morgan fingerprint density at radius 3 is 2.57 bits per heavy atom. The van der Waals surface area contributed by atoms with Crippen molar-refractivity contribution in [3.8, 4) is 11.4 Å². The van der Waals surface area contributed by atoms with Crippen LogP contribution in [-0.2, 0) is 6.54 Å². The molecule has 1 heterocycles. The molecule has 0 fully saturated rings. The average Bonchev–Trinajstić information content (AvgIpc) is 2.95. The Morgan fingerprint density at radius 2 is 1.96 bits per heavy atom. The molecule has 0 bridgehead atoms. The van der Waals surface area contributed by atoms with Crippen molar-refractivity contribution < 1.29 is 18.0 Å². The van der Waals surface area contributed by atoms with E-state index in [4.69, 9.17) is 5.84 Å². The minimum atomic E-state index is -4.17. The minimum Gasteiger partial charge on any atom is -0.304 e. The smallest absolute Gasteiger partial charge is 0.304 e. The number of rotatable bonds is 5. The van der Waals surface area contributed by atoms with Gasteiger partial charge in [-0.3, -0.25) is 9.48 Å². The molecule has 2 aromatic rings. The van der Waals surface area contributed by atoms with E-state index in [2.05, 4.69) is 20.4 Å². The Bertz CT molecular complexity index is 692. The largest absolute Gasteiger partial charge is 0.389 e. The molecule has 0 saturated carbocycles. The predicted octanol–water partition coefficient (Wildman–Crippen LogP) is 2.75. The lowest BCUT2D eigenvalue weighted by Gasteiger charge is -2.05. The number of nitrogens with zero attached hydrogens (tertiary/aromatic N) is 5. The Kier molecular flexibility index (Phi) is 5.04. The van der Waals surface area contributed by atoms with Crippen LogP contribution in [0.25, 0.3) is 11.4 Å². The number of hydrogen-bond donors (Lipinski definition) is 1. The number of carbonyl (C=O) groups is 1. The lowest BCUT2D eigenvalue weighted by molar-refractivity contribution is -0.136. The minimum absolute atomic E-state index is 0.0656. The molecule has 0 saturated heterocycles. The first-order valence-corrected chi connectivity index (χ1v) is 6.61. The second-order valence-corrected chi connectivity index (χ2v) is 4.65. The van der Waals surface area contributed by atoms with Gasteiger partial charge in [0.15, 0.2) is 5.82 Å². The normalized spacial score (nSPS) is 12.0. The lowest BCUT2D eigenvalue weighted by atomic mass is 10.1. The predicted molar refractivity (Wildman–Crippen MR) is 74.1 cm³/mol. The van der Waals surface area contributed by atoms with Crippen LogP contribution in [0.2, 0.25) is 0 Å². The average molecular weight is 326 g/mol. The van der Waals surface area contributed by atoms with E-state index >= 15 is 0 Å². The summed E-state index contributed by atoms with van der Waals surface area (Å²) >= 11 is 0. The summed E-state index contributed by atoms with van der Waals surface area (Å²) in [6.07, 6.45) is -3.74. The van der Waals surface area contributed by atoms with Crippen molar-refractivity contribution in [2.24, 2.45) is 16.2 Å². The fourth-order valence-corrected chi connectivity index (χ4v) is 1.85. The third-order valence-corrected chi connectivity index (χ3v) is 2.92. The van der Waals surface area contributed by atoms with Crippen molar-refractivity contribution in [1.82, 2.24) is 14.8 Å². The van der Waals surface area contributed by atoms with E-state index in [0.717, 1.165) is 0 Å². The highest BCUT2D eigenvalue weighted by Crippen LogP contribution is 2.22. The molecule has 0 aliphatic carbocycles. The van der Waals surface area contributed by atoms with E-state index in [9.17, 15) is 18.0 Å². The van der Waals surface area contributed by atoms with Crippen LogP contribution >= 0.6 is 0 Å². The molecule has 1 aromatic carbocycles. The van der Waals surface area contributed by atoms with Gasteiger partial charge in [-0.15, -0.1) is 0 Å². The molecule has 1 amide bonds. The van der Waals surface area contributed by atoms with Gasteiger partial charge in [0, 0.05) is 24.1 Å². The standard InChI is InChI=1S/C13H13F3N6O/c14-13(15,16)6-1-7-22-8-18-11(20-22)9-2-4-10(5-3-9)12(23)19-21-17/h2-5,8H,1,6-7H2,(H2,17,19,23). The first kappa shape index (κ1) is 16.6. The van der Waals surface area contributed by atoms with E-state index in [1.807, 2.05) is 0 Å². The molecular weight excluding hydrogens is 313 g/mol. The molecule has 7 nitrogen and oxygen atoms in total. The zero-order valence-corrected chi connectivity index (χ0v) is 11.9. The van der Waals surface area contributed by atoms with Gasteiger partial charge in [0.2, 0.25) is 0 Å². The lowest BCUT2D eigenvalue weighted by Crippen LogP contribution is -2.09. The van der Waals surface area contributed by atoms with Gasteiger partial charge < -0.3 is 5.84 Å². The molecule has 0 atom stereocenters. The summed E-state index contributed by atoms with van der Waals surface area (Å²) in [7, 11) is 0. The molecule has 0 spiro atoms. The number of hydrogen-bond acceptors (Lipinski definition) is 4. The fraction of sp³-hybridized carbons (Fsp3) is 0.308. The Morgan fingerprint density at radius 1 is 1.26 bits per heavy atom. The molecule has 122 valence electrons. The number of benzene rings is 1. The maximum atomic E-state index is 12.1. The van der Waals surface area contributed by atoms with Gasteiger partial charge in [0.25, 0.3) is 5.91 Å². The Hall–Kier alpha value is -2.78. The first-order chi connectivity index (χ1) is 10.9. The molecule has 0 radical (unpaired) electrons. The topological polar surface area (TPSA) is 98.5 Å². The van der Waals surface area contributed by atoms with Gasteiger partial charge >= 0.3 is 6.18 Å². The first-order valence-electron chi connectivity index (χ1n) is 6.61. The summed E-state index contributed by atoms with van der Waals surface area (Å²) in [4.78, 5) is 15.5. The summed E-state index contributed by atoms with van der Waals surface area (Å²) in [6, 6.07) is 6.23. The molecule has 2 N–H and O–H groups in total. The fourth-order valence-electron chi connectivity index (χ4n) is 1.85. The number of amides is 1. The highest BCUT2D eigenvalue weighted by atomic mass is 19.4. The highest BCUT2D eigenvalue weighted by molar-refractivity contribution is 5.94. The summed E-state index contributed by atoms with van der Waals surface area (Å²) in [5.74, 6) is 4.58. The van der Waals surface area contributed by atoms with Crippen molar-refractivity contribution in [3.63, 3.8) is 0 Å². The molecular formula is C13H13F3N6O. The SMILES string of the molecule is NN=NC(=O)c1ccc(-c2ncn(CCCC(F)(F)F)n2)cc1. The quantitative estimate of drug-likeness (QED) is 0.519. The van der Waals surface area contributed by atoms with E-state index in [-0.39, 0.29) is 13.0 Å². The van der Waals surface area contributed by atoms with Crippen molar-refractivity contribution in [1.29, 1.82) is 0 Å². The number of nitrogens with two attached hydrogens (primary N) is 1. The van der Waals surface area contributed by atoms with Crippen LogP contribution in [0.15, 0.2) is 40.9 Å². The number of alkyl halides is 3. The van der Waals surface area contributed by atoms with Gasteiger partial charge in [-0.2, -0.15) is 18.3 Å². The van der Waals surface area contributed by atoms with E-state index in [1.54, 1.807) is 12.1 Å². The second-order valence-electron chi connectivity index (χ2n) is 4.65. The van der Waals surface area contributed by atoms with Crippen LogP contribution in [-0.4, -0.2) is 26.8 Å². The van der Waals surface area contributed by atoms with Crippen LogP contribution < -0.4 is 5.84 Å². The third kappa shape index (κ3) is 4.87. The third-order valence-electron chi connectivity index (χ3n) is 2.92. The maximum absolute atomic E-state index is 12.1. The zero-order valence-electron chi connectivity index (χ0n) is 11.9. The molecule has 1 aromatic heterocycles. The summed E-state index contributed by atoms with van der Waals surface area (Å²) in [5, 5.41) is 10.2. The number of aryl methyl sites for hydroxylation is 1. The Labute approximate surface area is 129 Å². The molecule has 10 heteroatoms. The van der Waals surface area contributed by atoms with Gasteiger partial charge in [0.1, 0.15) is 6.33 Å². The van der Waals surface area contributed by atoms with Crippen LogP contribution in [0.1, 0.15) is 23.2 Å². The molecule has 23 heavy (non-hydrogen) atoms. The summed E-state index contributed by atoms with van der Waals surface area (Å²) in [6.45, 7) is 0.125. The number of carbonyl (C=O) groups excluding carboxylic acids is 1. The number of aromatic nitrogens is 3. The van der Waals surface area contributed by atoms with Crippen LogP contribution in [0, 0.1) is 0 Å². The van der Waals surface area contributed by atoms with Gasteiger partial charge in [0.05, 0.1) is 0 Å². The molecule has 0 unspecified atom stereocenters. The maximum Gasteiger partial charge on any atom is 0.389 e. The van der Waals surface area contributed by atoms with Crippen molar-refractivity contribution in [2.75, 3.05) is 0 Å². The van der Waals surface area contributed by atoms with Gasteiger partial charge in [-0.25, -0.2) is 4.98 Å². The van der Waals surface area contributed by atoms with Crippen LogP contribution in [0.5, 0.6) is 0 Å². The zero-order chi connectivity index (χ0) is 16.9. The monoisotopic (exact) mass is 326 g/mol. The summed E-state index contributed by atoms with van der Waals surface area (Å²) in [5.41, 5.74) is 0.924. The van der Waals surface area contributed by atoms with Crippen molar-refractivity contribution >= 4 is 5.91 Å². The van der Waals surface area contributed by atoms with Crippen LogP contribution in [0.4, 0.5) is 13.2 Å². The van der Waals surface area contributed by atoms with Crippen molar-refractivity contribution in [2.45, 2.75) is 25.6 Å². The second kappa shape index (κ2) is 6.99. The van der Waals surface area contributed by atoms with E-state index < -0.39 is 18.5 Å². The highest BCUT2D eigenvalue weighted by Gasteiger charge is 2.26. The molecule has 0 aliphatic rings.